The first-order valence-corrected chi connectivity index (χ1v) is 3.33. The molecule has 0 atom stereocenters. The lowest BCUT2D eigenvalue weighted by atomic mass is 9.92. The highest BCUT2D eigenvalue weighted by molar-refractivity contribution is 5.85. The van der Waals surface area contributed by atoms with Crippen molar-refractivity contribution in [3.05, 3.63) is 0 Å². The van der Waals surface area contributed by atoms with Crippen LogP contribution in [0.3, 0.4) is 0 Å². The van der Waals surface area contributed by atoms with Gasteiger partial charge in [-0.15, -0.1) is 12.4 Å². The van der Waals surface area contributed by atoms with E-state index in [1.54, 1.807) is 0 Å². The van der Waals surface area contributed by atoms with E-state index >= 15 is 0 Å². The van der Waals surface area contributed by atoms with Crippen LogP contribution in [0.15, 0.2) is 0 Å². The number of ether oxygens (including phenoxy) is 1. The molecule has 3 nitrogen and oxygen atoms in total. The van der Waals surface area contributed by atoms with Crippen molar-refractivity contribution in [2.75, 3.05) is 19.8 Å². The highest BCUT2D eigenvalue weighted by Crippen LogP contribution is 2.15. The second-order valence-corrected chi connectivity index (χ2v) is 2.68. The molecule has 0 spiro atoms. The topological polar surface area (TPSA) is 61.3 Å². The van der Waals surface area contributed by atoms with Gasteiger partial charge in [-0.2, -0.15) is 0 Å². The zero-order valence-corrected chi connectivity index (χ0v) is 6.82. The minimum Gasteiger partial charge on any atom is -0.381 e. The van der Waals surface area contributed by atoms with Gasteiger partial charge in [0.1, 0.15) is 0 Å². The van der Waals surface area contributed by atoms with Crippen LogP contribution in [0.1, 0.15) is 12.8 Å². The molecule has 0 aromatic carbocycles. The van der Waals surface area contributed by atoms with Crippen LogP contribution < -0.4 is 11.5 Å². The summed E-state index contributed by atoms with van der Waals surface area (Å²) in [5.74, 6) is 0. The molecule has 62 valence electrons. The summed E-state index contributed by atoms with van der Waals surface area (Å²) < 4.78 is 5.13. The van der Waals surface area contributed by atoms with E-state index in [9.17, 15) is 0 Å². The number of nitrogens with two attached hydrogens (primary N) is 2. The maximum Gasteiger partial charge on any atom is 0.0484 e. The van der Waals surface area contributed by atoms with E-state index in [1.807, 2.05) is 0 Å². The van der Waals surface area contributed by atoms with E-state index in [0.29, 0.717) is 6.54 Å². The van der Waals surface area contributed by atoms with E-state index in [-0.39, 0.29) is 17.9 Å². The Morgan fingerprint density at radius 3 is 2.10 bits per heavy atom. The van der Waals surface area contributed by atoms with Gasteiger partial charge in [0.05, 0.1) is 0 Å². The fourth-order valence-corrected chi connectivity index (χ4v) is 0.982. The maximum atomic E-state index is 5.85. The van der Waals surface area contributed by atoms with Gasteiger partial charge in [-0.3, -0.25) is 0 Å². The van der Waals surface area contributed by atoms with Crippen molar-refractivity contribution >= 4 is 12.4 Å². The summed E-state index contributed by atoms with van der Waals surface area (Å²) >= 11 is 0. The summed E-state index contributed by atoms with van der Waals surface area (Å²) in [5.41, 5.74) is 11.2. The molecule has 1 aliphatic heterocycles. The zero-order valence-electron chi connectivity index (χ0n) is 6.01. The van der Waals surface area contributed by atoms with E-state index in [0.717, 1.165) is 26.1 Å². The third-order valence-electron chi connectivity index (χ3n) is 1.90. The van der Waals surface area contributed by atoms with Gasteiger partial charge in [0.2, 0.25) is 0 Å². The number of hydrogen-bond donors (Lipinski definition) is 2. The van der Waals surface area contributed by atoms with Crippen LogP contribution in [0.4, 0.5) is 0 Å². The predicted molar refractivity (Wildman–Crippen MR) is 43.3 cm³/mol. The van der Waals surface area contributed by atoms with Gasteiger partial charge >= 0.3 is 0 Å². The maximum absolute atomic E-state index is 5.85. The van der Waals surface area contributed by atoms with Gasteiger partial charge in [0.15, 0.2) is 0 Å². The minimum atomic E-state index is -0.127. The Hall–Kier alpha value is 0.170. The zero-order chi connectivity index (χ0) is 6.74. The third-order valence-corrected chi connectivity index (χ3v) is 1.90. The molecule has 0 aromatic heterocycles. The lowest BCUT2D eigenvalue weighted by molar-refractivity contribution is 0.0561. The first kappa shape index (κ1) is 10.2. The van der Waals surface area contributed by atoms with Crippen LogP contribution in [0.5, 0.6) is 0 Å². The number of hydrogen-bond acceptors (Lipinski definition) is 3. The molecule has 4 N–H and O–H groups in total. The molecule has 4 heteroatoms. The monoisotopic (exact) mass is 166 g/mol. The molecule has 1 fully saturated rings. The minimum absolute atomic E-state index is 0. The number of rotatable bonds is 1. The molecule has 0 radical (unpaired) electrons. The van der Waals surface area contributed by atoms with Gasteiger partial charge in [-0.1, -0.05) is 0 Å². The van der Waals surface area contributed by atoms with Crippen molar-refractivity contribution < 1.29 is 4.74 Å². The predicted octanol–water partition coefficient (Wildman–Crippen LogP) is -0.125. The van der Waals surface area contributed by atoms with E-state index in [2.05, 4.69) is 0 Å². The van der Waals surface area contributed by atoms with Gasteiger partial charge in [-0.25, -0.2) is 0 Å². The summed E-state index contributed by atoms with van der Waals surface area (Å²) in [6, 6.07) is 0. The molecule has 0 aromatic rings. The van der Waals surface area contributed by atoms with Crippen LogP contribution in [-0.2, 0) is 4.74 Å². The highest BCUT2D eigenvalue weighted by Gasteiger charge is 2.25. The molecule has 0 unspecified atom stereocenters. The number of halogens is 1. The second-order valence-electron chi connectivity index (χ2n) is 2.68. The van der Waals surface area contributed by atoms with Crippen molar-refractivity contribution in [3.63, 3.8) is 0 Å². The summed E-state index contributed by atoms with van der Waals surface area (Å²) in [6.45, 7) is 2.12. The highest BCUT2D eigenvalue weighted by atomic mass is 35.5. The van der Waals surface area contributed by atoms with E-state index in [1.165, 1.54) is 0 Å². The lowest BCUT2D eigenvalue weighted by Crippen LogP contribution is -2.50. The van der Waals surface area contributed by atoms with Gasteiger partial charge in [-0.05, 0) is 12.8 Å². The average molecular weight is 167 g/mol. The normalized spacial score (nSPS) is 23.4. The Kier molecular flexibility index (Phi) is 4.20. The van der Waals surface area contributed by atoms with Crippen molar-refractivity contribution in [2.24, 2.45) is 11.5 Å². The molecule has 0 amide bonds. The molecule has 1 aliphatic rings. The van der Waals surface area contributed by atoms with Crippen LogP contribution in [0.2, 0.25) is 0 Å². The molecule has 0 saturated carbocycles. The summed E-state index contributed by atoms with van der Waals surface area (Å²) in [7, 11) is 0. The van der Waals surface area contributed by atoms with Crippen molar-refractivity contribution in [1.82, 2.24) is 0 Å². The van der Waals surface area contributed by atoms with Crippen molar-refractivity contribution in [1.29, 1.82) is 0 Å². The second kappa shape index (κ2) is 4.13. The van der Waals surface area contributed by atoms with Crippen LogP contribution in [0, 0.1) is 0 Å². The van der Waals surface area contributed by atoms with Crippen molar-refractivity contribution in [3.8, 4) is 0 Å². The fraction of sp³-hybridized carbons (Fsp3) is 1.00. The van der Waals surface area contributed by atoms with Crippen molar-refractivity contribution in [2.45, 2.75) is 18.4 Å². The van der Waals surface area contributed by atoms with E-state index < -0.39 is 0 Å². The average Bonchev–Trinajstić information content (AvgIpc) is 1.90. The van der Waals surface area contributed by atoms with Gasteiger partial charge in [0.25, 0.3) is 0 Å². The first-order chi connectivity index (χ1) is 4.27. The molecule has 0 aliphatic carbocycles. The molecule has 1 saturated heterocycles. The standard InChI is InChI=1S/C6H14N2O.ClH/c7-5-6(8)1-3-9-4-2-6;/h1-5,7-8H2;1H. The van der Waals surface area contributed by atoms with Crippen LogP contribution in [-0.4, -0.2) is 25.3 Å². The quantitative estimate of drug-likeness (QED) is 0.571. The van der Waals surface area contributed by atoms with Gasteiger partial charge in [0, 0.05) is 25.3 Å². The SMILES string of the molecule is Cl.NCC1(N)CCOCC1. The van der Waals surface area contributed by atoms with Crippen LogP contribution in [0.25, 0.3) is 0 Å². The molecular formula is C6H15ClN2O. The Balaban J connectivity index is 0.000000810. The molecule has 1 heterocycles. The largest absolute Gasteiger partial charge is 0.381 e. The Morgan fingerprint density at radius 1 is 1.30 bits per heavy atom. The summed E-state index contributed by atoms with van der Waals surface area (Å²) in [5, 5.41) is 0. The first-order valence-electron chi connectivity index (χ1n) is 3.33. The third kappa shape index (κ3) is 2.42. The fourth-order valence-electron chi connectivity index (χ4n) is 0.982. The Bertz CT molecular complexity index is 93.7. The molecule has 1 rings (SSSR count). The summed E-state index contributed by atoms with van der Waals surface area (Å²) in [6.07, 6.45) is 1.81. The Labute approximate surface area is 67.5 Å². The molecular weight excluding hydrogens is 152 g/mol. The molecule has 10 heavy (non-hydrogen) atoms. The smallest absolute Gasteiger partial charge is 0.0484 e. The van der Waals surface area contributed by atoms with E-state index in [4.69, 9.17) is 16.2 Å². The summed E-state index contributed by atoms with van der Waals surface area (Å²) in [4.78, 5) is 0. The Morgan fingerprint density at radius 2 is 1.80 bits per heavy atom. The van der Waals surface area contributed by atoms with Crippen LogP contribution >= 0.6 is 12.4 Å². The molecule has 0 bridgehead atoms. The lowest BCUT2D eigenvalue weighted by Gasteiger charge is -2.31. The van der Waals surface area contributed by atoms with Gasteiger partial charge < -0.3 is 16.2 Å².